The lowest BCUT2D eigenvalue weighted by Crippen LogP contribution is -2.15. The summed E-state index contributed by atoms with van der Waals surface area (Å²) in [6, 6.07) is 12.0. The number of para-hydroxylation sites is 1. The first-order valence-corrected chi connectivity index (χ1v) is 6.43. The largest absolute Gasteiger partial charge is 0.434 e. The van der Waals surface area contributed by atoms with E-state index in [0.29, 0.717) is 11.3 Å². The van der Waals surface area contributed by atoms with Crippen molar-refractivity contribution in [3.63, 3.8) is 0 Å². The minimum atomic E-state index is -3.01. The summed E-state index contributed by atoms with van der Waals surface area (Å²) in [6.45, 7) is -1.57. The molecule has 0 saturated heterocycles. The number of alkyl halides is 2. The fourth-order valence-corrected chi connectivity index (χ4v) is 1.84. The Labute approximate surface area is 125 Å². The quantitative estimate of drug-likeness (QED) is 0.856. The maximum absolute atomic E-state index is 12.3. The summed E-state index contributed by atoms with van der Waals surface area (Å²) < 4.78 is 29.0. The van der Waals surface area contributed by atoms with Crippen molar-refractivity contribution in [2.45, 2.75) is 13.5 Å². The Morgan fingerprint density at radius 3 is 2.27 bits per heavy atom. The molecule has 0 aliphatic carbocycles. The van der Waals surface area contributed by atoms with Crippen LogP contribution >= 0.6 is 0 Å². The molecule has 2 rings (SSSR count). The van der Waals surface area contributed by atoms with Crippen LogP contribution in [-0.2, 0) is 0 Å². The van der Waals surface area contributed by atoms with Crippen molar-refractivity contribution in [2.24, 2.45) is 0 Å². The van der Waals surface area contributed by atoms with E-state index in [1.54, 1.807) is 30.3 Å². The Morgan fingerprint density at radius 1 is 1.05 bits per heavy atom. The molecular weight excluding hydrogens is 292 g/mol. The summed E-state index contributed by atoms with van der Waals surface area (Å²) >= 11 is 0. The highest BCUT2D eigenvalue weighted by atomic mass is 19.3. The van der Waals surface area contributed by atoms with Crippen molar-refractivity contribution in [3.05, 3.63) is 59.7 Å². The van der Waals surface area contributed by atoms with E-state index in [9.17, 15) is 18.4 Å². The van der Waals surface area contributed by atoms with Crippen LogP contribution in [0.15, 0.2) is 48.5 Å². The molecule has 4 nitrogen and oxygen atoms in total. The Bertz CT molecular complexity index is 684. The van der Waals surface area contributed by atoms with Gasteiger partial charge >= 0.3 is 6.61 Å². The van der Waals surface area contributed by atoms with Crippen LogP contribution in [0.1, 0.15) is 27.6 Å². The van der Waals surface area contributed by atoms with Gasteiger partial charge < -0.3 is 10.1 Å². The lowest BCUT2D eigenvalue weighted by atomic mass is 10.1. The van der Waals surface area contributed by atoms with E-state index in [0.717, 1.165) is 0 Å². The summed E-state index contributed by atoms with van der Waals surface area (Å²) in [5.41, 5.74) is 0.958. The Balaban J connectivity index is 2.17. The van der Waals surface area contributed by atoms with Gasteiger partial charge in [0.25, 0.3) is 5.91 Å². The molecule has 1 N–H and O–H groups in total. The number of hydrogen-bond donors (Lipinski definition) is 1. The van der Waals surface area contributed by atoms with Gasteiger partial charge in [-0.2, -0.15) is 8.78 Å². The van der Waals surface area contributed by atoms with Crippen LogP contribution in [0.3, 0.4) is 0 Å². The molecule has 22 heavy (non-hydrogen) atoms. The second-order valence-electron chi connectivity index (χ2n) is 4.46. The fourth-order valence-electron chi connectivity index (χ4n) is 1.84. The number of nitrogens with one attached hydrogen (secondary N) is 1. The summed E-state index contributed by atoms with van der Waals surface area (Å²) in [6.07, 6.45) is 0. The van der Waals surface area contributed by atoms with E-state index in [4.69, 9.17) is 0 Å². The predicted octanol–water partition coefficient (Wildman–Crippen LogP) is 3.74. The van der Waals surface area contributed by atoms with Crippen LogP contribution in [0, 0.1) is 0 Å². The second kappa shape index (κ2) is 6.80. The predicted molar refractivity (Wildman–Crippen MR) is 77.5 cm³/mol. The molecule has 0 spiro atoms. The number of benzene rings is 2. The van der Waals surface area contributed by atoms with E-state index in [1.807, 2.05) is 0 Å². The molecule has 0 aromatic heterocycles. The molecule has 0 atom stereocenters. The lowest BCUT2D eigenvalue weighted by Gasteiger charge is -2.11. The SMILES string of the molecule is CC(=O)c1ccc(NC(=O)c2ccccc2OC(F)F)cc1. The number of amides is 1. The number of carbonyl (C=O) groups is 2. The van der Waals surface area contributed by atoms with Gasteiger partial charge in [-0.25, -0.2) is 0 Å². The Kier molecular flexibility index (Phi) is 4.83. The molecule has 1 amide bonds. The number of ether oxygens (including phenoxy) is 1. The van der Waals surface area contributed by atoms with Crippen LogP contribution in [-0.4, -0.2) is 18.3 Å². The van der Waals surface area contributed by atoms with Gasteiger partial charge in [0, 0.05) is 11.3 Å². The van der Waals surface area contributed by atoms with Crippen LogP contribution in [0.2, 0.25) is 0 Å². The Morgan fingerprint density at radius 2 is 1.68 bits per heavy atom. The number of anilines is 1. The minimum absolute atomic E-state index is 0.00144. The average molecular weight is 305 g/mol. The molecule has 0 aliphatic heterocycles. The van der Waals surface area contributed by atoms with Crippen molar-refractivity contribution in [1.82, 2.24) is 0 Å². The van der Waals surface area contributed by atoms with Gasteiger partial charge in [-0.15, -0.1) is 0 Å². The van der Waals surface area contributed by atoms with Crippen LogP contribution < -0.4 is 10.1 Å². The molecule has 0 saturated carbocycles. The number of rotatable bonds is 5. The second-order valence-corrected chi connectivity index (χ2v) is 4.46. The third-order valence-corrected chi connectivity index (χ3v) is 2.90. The molecule has 0 heterocycles. The first-order valence-electron chi connectivity index (χ1n) is 6.43. The smallest absolute Gasteiger partial charge is 0.387 e. The Hall–Kier alpha value is -2.76. The molecule has 0 radical (unpaired) electrons. The van der Waals surface area contributed by atoms with Gasteiger partial charge in [0.1, 0.15) is 5.75 Å². The van der Waals surface area contributed by atoms with Crippen molar-refractivity contribution in [1.29, 1.82) is 0 Å². The number of hydrogen-bond acceptors (Lipinski definition) is 3. The normalized spacial score (nSPS) is 10.4. The molecule has 0 fully saturated rings. The van der Waals surface area contributed by atoms with Gasteiger partial charge in [-0.1, -0.05) is 12.1 Å². The zero-order valence-corrected chi connectivity index (χ0v) is 11.7. The highest BCUT2D eigenvalue weighted by molar-refractivity contribution is 6.06. The fraction of sp³-hybridized carbons (Fsp3) is 0.125. The van der Waals surface area contributed by atoms with Crippen molar-refractivity contribution in [2.75, 3.05) is 5.32 Å². The number of halogens is 2. The molecule has 2 aromatic rings. The van der Waals surface area contributed by atoms with Gasteiger partial charge in [0.05, 0.1) is 5.56 Å². The summed E-state index contributed by atoms with van der Waals surface area (Å²) in [5, 5.41) is 2.56. The molecular formula is C16H13F2NO3. The molecule has 6 heteroatoms. The third-order valence-electron chi connectivity index (χ3n) is 2.90. The first-order chi connectivity index (χ1) is 10.5. The molecule has 0 unspecified atom stereocenters. The van der Waals surface area contributed by atoms with Gasteiger partial charge in [-0.05, 0) is 43.3 Å². The third kappa shape index (κ3) is 3.88. The minimum Gasteiger partial charge on any atom is -0.434 e. The van der Waals surface area contributed by atoms with Gasteiger partial charge in [-0.3, -0.25) is 9.59 Å². The molecule has 0 bridgehead atoms. The molecule has 0 aliphatic rings. The summed E-state index contributed by atoms with van der Waals surface area (Å²) in [7, 11) is 0. The topological polar surface area (TPSA) is 55.4 Å². The van der Waals surface area contributed by atoms with Crippen molar-refractivity contribution >= 4 is 17.4 Å². The number of Topliss-reactive ketones (excluding diaryl/α,β-unsaturated/α-hetero) is 1. The van der Waals surface area contributed by atoms with Gasteiger partial charge in [0.15, 0.2) is 5.78 Å². The van der Waals surface area contributed by atoms with E-state index < -0.39 is 12.5 Å². The van der Waals surface area contributed by atoms with E-state index in [-0.39, 0.29) is 17.1 Å². The van der Waals surface area contributed by atoms with Crippen LogP contribution in [0.25, 0.3) is 0 Å². The standard InChI is InChI=1S/C16H13F2NO3/c1-10(20)11-6-8-12(9-7-11)19-15(21)13-4-2-3-5-14(13)22-16(17)18/h2-9,16H,1H3,(H,19,21). The van der Waals surface area contributed by atoms with Crippen molar-refractivity contribution in [3.8, 4) is 5.75 Å². The van der Waals surface area contributed by atoms with Crippen molar-refractivity contribution < 1.29 is 23.1 Å². The summed E-state index contributed by atoms with van der Waals surface area (Å²) in [4.78, 5) is 23.3. The van der Waals surface area contributed by atoms with E-state index >= 15 is 0 Å². The monoisotopic (exact) mass is 305 g/mol. The molecule has 114 valence electrons. The van der Waals surface area contributed by atoms with E-state index in [2.05, 4.69) is 10.1 Å². The van der Waals surface area contributed by atoms with Gasteiger partial charge in [0.2, 0.25) is 0 Å². The van der Waals surface area contributed by atoms with Crippen LogP contribution in [0.5, 0.6) is 5.75 Å². The number of ketones is 1. The lowest BCUT2D eigenvalue weighted by molar-refractivity contribution is -0.0501. The maximum Gasteiger partial charge on any atom is 0.387 e. The summed E-state index contributed by atoms with van der Waals surface area (Å²) in [5.74, 6) is -0.865. The first kappa shape index (κ1) is 15.6. The highest BCUT2D eigenvalue weighted by Gasteiger charge is 2.15. The molecule has 2 aromatic carbocycles. The average Bonchev–Trinajstić information content (AvgIpc) is 2.47. The maximum atomic E-state index is 12.3. The number of carbonyl (C=O) groups excluding carboxylic acids is 2. The van der Waals surface area contributed by atoms with Crippen LogP contribution in [0.4, 0.5) is 14.5 Å². The zero-order valence-electron chi connectivity index (χ0n) is 11.7. The van der Waals surface area contributed by atoms with E-state index in [1.165, 1.54) is 25.1 Å². The highest BCUT2D eigenvalue weighted by Crippen LogP contribution is 2.21. The zero-order chi connectivity index (χ0) is 16.1.